The Balaban J connectivity index is -0.000000405. The van der Waals surface area contributed by atoms with Crippen LogP contribution in [0.2, 0.25) is 0 Å². The van der Waals surface area contributed by atoms with E-state index < -0.39 is 10.1 Å². The molecule has 0 radical (unpaired) electrons. The quantitative estimate of drug-likeness (QED) is 0.263. The van der Waals surface area contributed by atoms with Crippen molar-refractivity contribution < 1.29 is 43.7 Å². The summed E-state index contributed by atoms with van der Waals surface area (Å²) in [5.41, 5.74) is 0. The molecular weight excluding hydrogens is 179 g/mol. The van der Waals surface area contributed by atoms with Gasteiger partial charge in [-0.2, -0.15) is 18.6 Å². The van der Waals surface area contributed by atoms with E-state index in [0.29, 0.717) is 6.54 Å². The Morgan fingerprint density at radius 2 is 2.18 bits per heavy atom. The van der Waals surface area contributed by atoms with Crippen molar-refractivity contribution in [3.63, 3.8) is 0 Å². The molecule has 0 amide bonds. The van der Waals surface area contributed by atoms with Gasteiger partial charge in [0.2, 0.25) is 0 Å². The summed E-state index contributed by atoms with van der Waals surface area (Å²) in [6, 6.07) is 0. The molecule has 0 aromatic carbocycles. The van der Waals surface area contributed by atoms with Crippen LogP contribution in [0.5, 0.6) is 0 Å². The molecule has 0 aliphatic heterocycles. The van der Waals surface area contributed by atoms with Crippen molar-refractivity contribution in [2.75, 3.05) is 18.8 Å². The molecule has 0 aliphatic carbocycles. The average Bonchev–Trinajstić information content (AvgIpc) is 1.89. The average molecular weight is 192 g/mol. The van der Waals surface area contributed by atoms with Crippen LogP contribution in [0.25, 0.3) is 0 Å². The third kappa shape index (κ3) is 8.74. The fourth-order valence-corrected chi connectivity index (χ4v) is 0.913. The Labute approximate surface area is 90.5 Å². The van der Waals surface area contributed by atoms with Gasteiger partial charge < -0.3 is 6.74 Å². The van der Waals surface area contributed by atoms with Crippen molar-refractivity contribution in [2.24, 2.45) is 5.90 Å². The van der Waals surface area contributed by atoms with Crippen molar-refractivity contribution in [3.05, 3.63) is 0 Å². The molecule has 0 bridgehead atoms. The second-order valence-electron chi connectivity index (χ2n) is 1.71. The third-order valence-electron chi connectivity index (χ3n) is 0.925. The first-order chi connectivity index (χ1) is 4.62. The maximum Gasteiger partial charge on any atom is 1.00 e. The third-order valence-corrected chi connectivity index (χ3v) is 1.92. The first-order valence-corrected chi connectivity index (χ1v) is 4.52. The molecule has 0 saturated carbocycles. The largest absolute Gasteiger partial charge is 1.00 e. The molecule has 11 heavy (non-hydrogen) atoms. The van der Waals surface area contributed by atoms with Gasteiger partial charge in [0.05, 0.1) is 5.75 Å². The Morgan fingerprint density at radius 3 is 2.55 bits per heavy atom. The molecule has 0 aromatic rings. The first-order valence-electron chi connectivity index (χ1n) is 2.94. The van der Waals surface area contributed by atoms with Crippen molar-refractivity contribution in [1.29, 1.82) is 0 Å². The minimum atomic E-state index is -3.48. The molecule has 0 aromatic heterocycles. The zero-order valence-electron chi connectivity index (χ0n) is 7.83. The molecule has 0 unspecified atom stereocenters. The molecule has 7 heteroatoms. The molecule has 0 aliphatic rings. The second-order valence-corrected chi connectivity index (χ2v) is 3.43. The van der Waals surface area contributed by atoms with Gasteiger partial charge in [0.25, 0.3) is 10.1 Å². The topological polar surface area (TPSA) is 81.4 Å². The monoisotopic (exact) mass is 192 g/mol. The molecule has 0 heterocycles. The number of nitrogens with one attached hydrogen (secondary N) is 1. The SMILES string of the molecule is CCNCCS(=O)(=O)ON.[H-].[Na+]. The van der Waals surface area contributed by atoms with E-state index >= 15 is 0 Å². The van der Waals surface area contributed by atoms with E-state index in [1.54, 1.807) is 0 Å². The van der Waals surface area contributed by atoms with Crippen molar-refractivity contribution >= 4 is 10.1 Å². The summed E-state index contributed by atoms with van der Waals surface area (Å²) >= 11 is 0. The zero-order valence-corrected chi connectivity index (χ0v) is 9.65. The normalized spacial score (nSPS) is 10.7. The van der Waals surface area contributed by atoms with Crippen molar-refractivity contribution in [2.45, 2.75) is 6.92 Å². The molecular formula is C4H13N2NaO3S. The van der Waals surface area contributed by atoms with Crippen LogP contribution in [0, 0.1) is 0 Å². The number of rotatable bonds is 5. The van der Waals surface area contributed by atoms with Gasteiger partial charge >= 0.3 is 29.6 Å². The molecule has 0 saturated heterocycles. The van der Waals surface area contributed by atoms with Gasteiger partial charge in [-0.25, -0.2) is 0 Å². The van der Waals surface area contributed by atoms with Gasteiger partial charge in [-0.3, -0.25) is 0 Å². The standard InChI is InChI=1S/C4H12N2O3S.Na.H/c1-2-6-3-4-10(7,8)9-5;;/h6H,2-5H2,1H3;;/q;+1;-1. The fourth-order valence-electron chi connectivity index (χ4n) is 0.422. The van der Waals surface area contributed by atoms with Gasteiger partial charge in [-0.15, -0.1) is 0 Å². The van der Waals surface area contributed by atoms with Gasteiger partial charge in [0, 0.05) is 6.54 Å². The second kappa shape index (κ2) is 7.48. The predicted octanol–water partition coefficient (Wildman–Crippen LogP) is -4.07. The summed E-state index contributed by atoms with van der Waals surface area (Å²) in [7, 11) is -3.48. The summed E-state index contributed by atoms with van der Waals surface area (Å²) in [6.45, 7) is 2.99. The molecule has 64 valence electrons. The van der Waals surface area contributed by atoms with Crippen LogP contribution in [0.4, 0.5) is 0 Å². The van der Waals surface area contributed by atoms with Gasteiger partial charge in [0.15, 0.2) is 0 Å². The summed E-state index contributed by atoms with van der Waals surface area (Å²) in [5, 5.41) is 2.82. The first kappa shape index (κ1) is 14.4. The van der Waals surface area contributed by atoms with Gasteiger partial charge in [0.1, 0.15) is 0 Å². The van der Waals surface area contributed by atoms with Crippen LogP contribution in [0.3, 0.4) is 0 Å². The van der Waals surface area contributed by atoms with Crippen LogP contribution in [0.15, 0.2) is 0 Å². The van der Waals surface area contributed by atoms with Crippen LogP contribution in [-0.2, 0) is 14.4 Å². The Hall–Kier alpha value is 0.830. The van der Waals surface area contributed by atoms with Crippen LogP contribution in [0.1, 0.15) is 8.35 Å². The van der Waals surface area contributed by atoms with E-state index in [9.17, 15) is 8.42 Å². The van der Waals surface area contributed by atoms with Crippen LogP contribution >= 0.6 is 0 Å². The number of hydrogen-bond acceptors (Lipinski definition) is 5. The molecule has 0 atom stereocenters. The van der Waals surface area contributed by atoms with E-state index in [1.165, 1.54) is 0 Å². The molecule has 3 N–H and O–H groups in total. The molecule has 0 rings (SSSR count). The van der Waals surface area contributed by atoms with Crippen molar-refractivity contribution in [1.82, 2.24) is 5.32 Å². The Kier molecular flexibility index (Phi) is 9.76. The van der Waals surface area contributed by atoms with E-state index in [2.05, 4.69) is 15.5 Å². The maximum absolute atomic E-state index is 10.5. The van der Waals surface area contributed by atoms with E-state index in [0.717, 1.165) is 6.54 Å². The smallest absolute Gasteiger partial charge is 1.00 e. The number of nitrogens with two attached hydrogens (primary N) is 1. The van der Waals surface area contributed by atoms with Crippen LogP contribution < -0.4 is 40.8 Å². The summed E-state index contributed by atoms with van der Waals surface area (Å²) in [5.74, 6) is 4.39. The Bertz CT molecular complexity index is 175. The predicted molar refractivity (Wildman–Crippen MR) is 38.7 cm³/mol. The van der Waals surface area contributed by atoms with Crippen molar-refractivity contribution in [3.8, 4) is 0 Å². The minimum absolute atomic E-state index is 0. The summed E-state index contributed by atoms with van der Waals surface area (Å²) in [4.78, 5) is 0. The maximum atomic E-state index is 10.5. The molecule has 0 spiro atoms. The van der Waals surface area contributed by atoms with E-state index in [-0.39, 0.29) is 36.7 Å². The summed E-state index contributed by atoms with van der Waals surface area (Å²) < 4.78 is 24.7. The number of hydrogen-bond donors (Lipinski definition) is 2. The van der Waals surface area contributed by atoms with Gasteiger partial charge in [-0.05, 0) is 6.54 Å². The minimum Gasteiger partial charge on any atom is -1.00 e. The molecule has 5 nitrogen and oxygen atoms in total. The zero-order chi connectivity index (χ0) is 8.04. The van der Waals surface area contributed by atoms with E-state index in [4.69, 9.17) is 0 Å². The van der Waals surface area contributed by atoms with Gasteiger partial charge in [-0.1, -0.05) is 6.92 Å². The fraction of sp³-hybridized carbons (Fsp3) is 1.00. The summed E-state index contributed by atoms with van der Waals surface area (Å²) in [6.07, 6.45) is 0. The van der Waals surface area contributed by atoms with E-state index in [1.807, 2.05) is 6.92 Å². The Morgan fingerprint density at radius 1 is 1.64 bits per heavy atom. The molecule has 0 fully saturated rings. The van der Waals surface area contributed by atoms with Crippen LogP contribution in [-0.4, -0.2) is 27.3 Å².